The van der Waals surface area contributed by atoms with Crippen LogP contribution in [0.5, 0.6) is 0 Å². The van der Waals surface area contributed by atoms with Crippen LogP contribution in [0.2, 0.25) is 0 Å². The molecular weight excluding hydrogens is 286 g/mol. The highest BCUT2D eigenvalue weighted by Gasteiger charge is 2.36. The maximum Gasteiger partial charge on any atom is 0.246 e. The van der Waals surface area contributed by atoms with E-state index in [9.17, 15) is 4.79 Å². The first-order valence-electron chi connectivity index (χ1n) is 6.94. The number of aryl methyl sites for hydroxylation is 1. The van der Waals surface area contributed by atoms with E-state index in [-0.39, 0.29) is 12.3 Å². The van der Waals surface area contributed by atoms with Crippen LogP contribution in [0, 0.1) is 12.8 Å². The standard InChI is InChI=1S/C15H17N3O2S/c1-9-5-12(9)13-4-3-11(20-13)7-16-18-14(19)6-15-17-10(2)8-21-15/h3-4,7-9,12H,5-6H2,1-2H3,(H,18,19)/b16-7-/t9-,12+/m1/s1. The van der Waals surface area contributed by atoms with Crippen LogP contribution in [0.15, 0.2) is 27.0 Å². The Morgan fingerprint density at radius 1 is 1.62 bits per heavy atom. The largest absolute Gasteiger partial charge is 0.460 e. The van der Waals surface area contributed by atoms with Crippen molar-refractivity contribution in [2.75, 3.05) is 0 Å². The van der Waals surface area contributed by atoms with Gasteiger partial charge in [-0.1, -0.05) is 6.92 Å². The second-order valence-electron chi connectivity index (χ2n) is 5.41. The minimum absolute atomic E-state index is 0.178. The molecule has 1 N–H and O–H groups in total. The Balaban J connectivity index is 1.49. The Morgan fingerprint density at radius 2 is 2.43 bits per heavy atom. The van der Waals surface area contributed by atoms with Gasteiger partial charge in [0.05, 0.1) is 12.6 Å². The highest BCUT2D eigenvalue weighted by Crippen LogP contribution is 2.47. The van der Waals surface area contributed by atoms with E-state index in [2.05, 4.69) is 22.4 Å². The first-order valence-corrected chi connectivity index (χ1v) is 7.82. The minimum Gasteiger partial charge on any atom is -0.460 e. The molecule has 0 aliphatic heterocycles. The van der Waals surface area contributed by atoms with Crippen molar-refractivity contribution in [3.05, 3.63) is 39.7 Å². The molecule has 2 aromatic heterocycles. The van der Waals surface area contributed by atoms with E-state index in [1.54, 1.807) is 0 Å². The fourth-order valence-electron chi connectivity index (χ4n) is 2.18. The number of hydrogen-bond donors (Lipinski definition) is 1. The Morgan fingerprint density at radius 3 is 3.10 bits per heavy atom. The minimum atomic E-state index is -0.178. The smallest absolute Gasteiger partial charge is 0.246 e. The molecule has 0 saturated heterocycles. The first kappa shape index (κ1) is 14.0. The molecule has 0 radical (unpaired) electrons. The summed E-state index contributed by atoms with van der Waals surface area (Å²) < 4.78 is 5.67. The van der Waals surface area contributed by atoms with E-state index >= 15 is 0 Å². The molecule has 6 heteroatoms. The van der Waals surface area contributed by atoms with Crippen molar-refractivity contribution in [3.8, 4) is 0 Å². The van der Waals surface area contributed by atoms with Gasteiger partial charge in [-0.3, -0.25) is 4.79 Å². The molecule has 1 fully saturated rings. The van der Waals surface area contributed by atoms with E-state index in [1.807, 2.05) is 24.4 Å². The number of nitrogens with zero attached hydrogens (tertiary/aromatic N) is 2. The second kappa shape index (κ2) is 5.81. The quantitative estimate of drug-likeness (QED) is 0.682. The number of amides is 1. The van der Waals surface area contributed by atoms with Gasteiger partial charge in [0.1, 0.15) is 16.5 Å². The van der Waals surface area contributed by atoms with E-state index in [1.165, 1.54) is 24.0 Å². The van der Waals surface area contributed by atoms with E-state index in [0.717, 1.165) is 16.5 Å². The molecule has 2 atom stereocenters. The SMILES string of the molecule is Cc1csc(CC(=O)N/N=C\c2ccc([C@H]3C[C@H]3C)o2)n1. The molecule has 1 aliphatic carbocycles. The second-order valence-corrected chi connectivity index (χ2v) is 6.35. The highest BCUT2D eigenvalue weighted by atomic mass is 32.1. The summed E-state index contributed by atoms with van der Waals surface area (Å²) >= 11 is 1.48. The average molecular weight is 303 g/mol. The summed E-state index contributed by atoms with van der Waals surface area (Å²) in [5.41, 5.74) is 3.42. The van der Waals surface area contributed by atoms with Crippen LogP contribution in [-0.4, -0.2) is 17.1 Å². The van der Waals surface area contributed by atoms with Gasteiger partial charge in [0, 0.05) is 17.0 Å². The lowest BCUT2D eigenvalue weighted by molar-refractivity contribution is -0.120. The van der Waals surface area contributed by atoms with Gasteiger partial charge in [0.15, 0.2) is 0 Å². The zero-order chi connectivity index (χ0) is 14.8. The molecule has 0 unspecified atom stereocenters. The average Bonchev–Trinajstić information content (AvgIpc) is 2.85. The zero-order valence-corrected chi connectivity index (χ0v) is 12.8. The summed E-state index contributed by atoms with van der Waals surface area (Å²) in [5.74, 6) is 2.75. The lowest BCUT2D eigenvalue weighted by Gasteiger charge is -1.95. The molecule has 1 amide bonds. The Bertz CT molecular complexity index is 674. The summed E-state index contributed by atoms with van der Waals surface area (Å²) in [5, 5.41) is 6.64. The monoisotopic (exact) mass is 303 g/mol. The number of thiazole rings is 1. The lowest BCUT2D eigenvalue weighted by atomic mass is 10.3. The third-order valence-electron chi connectivity index (χ3n) is 3.48. The summed E-state index contributed by atoms with van der Waals surface area (Å²) in [7, 11) is 0. The molecule has 0 spiro atoms. The van der Waals surface area contributed by atoms with Crippen molar-refractivity contribution in [3.63, 3.8) is 0 Å². The molecule has 3 rings (SSSR count). The number of furan rings is 1. The molecule has 2 aromatic rings. The van der Waals surface area contributed by atoms with Gasteiger partial charge < -0.3 is 4.42 Å². The summed E-state index contributed by atoms with van der Waals surface area (Å²) in [6, 6.07) is 3.86. The predicted molar refractivity (Wildman–Crippen MR) is 81.5 cm³/mol. The third kappa shape index (κ3) is 3.58. The van der Waals surface area contributed by atoms with Gasteiger partial charge in [-0.05, 0) is 31.4 Å². The van der Waals surface area contributed by atoms with E-state index in [0.29, 0.717) is 17.6 Å². The molecule has 1 aliphatic rings. The maximum absolute atomic E-state index is 11.7. The normalized spacial score (nSPS) is 20.9. The van der Waals surface area contributed by atoms with Crippen molar-refractivity contribution in [1.29, 1.82) is 0 Å². The number of carbonyl (C=O) groups excluding carboxylic acids is 1. The topological polar surface area (TPSA) is 67.5 Å². The lowest BCUT2D eigenvalue weighted by Crippen LogP contribution is -2.19. The fourth-order valence-corrected chi connectivity index (χ4v) is 2.95. The van der Waals surface area contributed by atoms with E-state index in [4.69, 9.17) is 4.42 Å². The van der Waals surface area contributed by atoms with Crippen LogP contribution >= 0.6 is 11.3 Å². The first-order chi connectivity index (χ1) is 10.1. The number of hydrazone groups is 1. The van der Waals surface area contributed by atoms with Gasteiger partial charge in [-0.25, -0.2) is 10.4 Å². The van der Waals surface area contributed by atoms with Gasteiger partial charge >= 0.3 is 0 Å². The number of nitrogens with one attached hydrogen (secondary N) is 1. The predicted octanol–water partition coefficient (Wildman–Crippen LogP) is 2.86. The van der Waals surface area contributed by atoms with Crippen molar-refractivity contribution in [2.24, 2.45) is 11.0 Å². The Hall–Kier alpha value is -1.95. The van der Waals surface area contributed by atoms with Gasteiger partial charge in [-0.2, -0.15) is 5.10 Å². The maximum atomic E-state index is 11.7. The number of carbonyl (C=O) groups is 1. The van der Waals surface area contributed by atoms with Crippen LogP contribution in [0.1, 0.15) is 41.5 Å². The number of rotatable bonds is 5. The molecule has 0 bridgehead atoms. The molecule has 21 heavy (non-hydrogen) atoms. The molecule has 2 heterocycles. The van der Waals surface area contributed by atoms with Crippen LogP contribution < -0.4 is 5.43 Å². The van der Waals surface area contributed by atoms with Crippen molar-refractivity contribution in [1.82, 2.24) is 10.4 Å². The number of hydrogen-bond acceptors (Lipinski definition) is 5. The van der Waals surface area contributed by atoms with E-state index < -0.39 is 0 Å². The van der Waals surface area contributed by atoms with Crippen molar-refractivity contribution >= 4 is 23.5 Å². The zero-order valence-electron chi connectivity index (χ0n) is 12.0. The Kier molecular flexibility index (Phi) is 3.88. The summed E-state index contributed by atoms with van der Waals surface area (Å²) in [6.07, 6.45) is 2.97. The van der Waals surface area contributed by atoms with Crippen LogP contribution in [0.4, 0.5) is 0 Å². The molecule has 5 nitrogen and oxygen atoms in total. The summed E-state index contributed by atoms with van der Waals surface area (Å²) in [4.78, 5) is 15.9. The highest BCUT2D eigenvalue weighted by molar-refractivity contribution is 7.09. The van der Waals surface area contributed by atoms with Crippen molar-refractivity contribution < 1.29 is 9.21 Å². The fraction of sp³-hybridized carbons (Fsp3) is 0.400. The van der Waals surface area contributed by atoms with Gasteiger partial charge in [0.25, 0.3) is 0 Å². The molecule has 1 saturated carbocycles. The van der Waals surface area contributed by atoms with Crippen LogP contribution in [0.3, 0.4) is 0 Å². The molecule has 110 valence electrons. The van der Waals surface area contributed by atoms with Crippen LogP contribution in [-0.2, 0) is 11.2 Å². The van der Waals surface area contributed by atoms with Crippen LogP contribution in [0.25, 0.3) is 0 Å². The van der Waals surface area contributed by atoms with Gasteiger partial charge in [0.2, 0.25) is 5.91 Å². The molecular formula is C15H17N3O2S. The third-order valence-corrected chi connectivity index (χ3v) is 4.45. The Labute approximate surface area is 127 Å². The molecule has 0 aromatic carbocycles. The van der Waals surface area contributed by atoms with Gasteiger partial charge in [-0.15, -0.1) is 11.3 Å². The summed E-state index contributed by atoms with van der Waals surface area (Å²) in [6.45, 7) is 4.12. The van der Waals surface area contributed by atoms with Crippen molar-refractivity contribution in [2.45, 2.75) is 32.6 Å². The number of aromatic nitrogens is 1.